The molecule has 0 unspecified atom stereocenters. The van der Waals surface area contributed by atoms with Crippen LogP contribution in [-0.2, 0) is 6.54 Å². The second-order valence-electron chi connectivity index (χ2n) is 6.02. The number of hydrogen-bond donors (Lipinski definition) is 1. The summed E-state index contributed by atoms with van der Waals surface area (Å²) < 4.78 is 5.94. The Bertz CT molecular complexity index is 408. The molecule has 2 rings (SSSR count). The third-order valence-corrected chi connectivity index (χ3v) is 3.08. The first-order chi connectivity index (χ1) is 8.44. The van der Waals surface area contributed by atoms with Gasteiger partial charge in [0.2, 0.25) is 5.88 Å². The number of aromatic nitrogens is 2. The summed E-state index contributed by atoms with van der Waals surface area (Å²) in [6.45, 7) is 9.08. The zero-order valence-electron chi connectivity index (χ0n) is 11.8. The monoisotopic (exact) mass is 249 g/mol. The maximum absolute atomic E-state index is 5.94. The molecule has 1 aromatic rings. The van der Waals surface area contributed by atoms with E-state index in [4.69, 9.17) is 4.74 Å². The Hall–Kier alpha value is -1.16. The summed E-state index contributed by atoms with van der Waals surface area (Å²) in [7, 11) is 0. The molecule has 0 saturated heterocycles. The normalized spacial score (nSPS) is 16.4. The molecule has 0 aromatic carbocycles. The molecule has 0 spiro atoms. The fraction of sp³-hybridized carbons (Fsp3) is 0.714. The molecule has 0 radical (unpaired) electrons. The molecule has 100 valence electrons. The fourth-order valence-electron chi connectivity index (χ4n) is 1.70. The maximum Gasteiger partial charge on any atom is 0.221 e. The molecule has 1 N–H and O–H groups in total. The summed E-state index contributed by atoms with van der Waals surface area (Å²) in [4.78, 5) is 8.68. The summed E-state index contributed by atoms with van der Waals surface area (Å²) in [6, 6.07) is 0. The summed E-state index contributed by atoms with van der Waals surface area (Å²) >= 11 is 0. The van der Waals surface area contributed by atoms with Crippen LogP contribution in [0.1, 0.15) is 51.4 Å². The molecule has 1 aromatic heterocycles. The van der Waals surface area contributed by atoms with Crippen LogP contribution in [0.3, 0.4) is 0 Å². The van der Waals surface area contributed by atoms with Crippen molar-refractivity contribution in [3.05, 3.63) is 17.6 Å². The molecule has 1 aliphatic rings. The summed E-state index contributed by atoms with van der Waals surface area (Å²) in [5, 5.41) is 3.45. The van der Waals surface area contributed by atoms with E-state index in [1.54, 1.807) is 0 Å². The van der Waals surface area contributed by atoms with E-state index in [9.17, 15) is 0 Å². The van der Waals surface area contributed by atoms with Crippen molar-refractivity contribution < 1.29 is 4.74 Å². The number of hydrogen-bond acceptors (Lipinski definition) is 4. The smallest absolute Gasteiger partial charge is 0.221 e. The number of nitrogens with one attached hydrogen (secondary N) is 1. The van der Waals surface area contributed by atoms with Crippen LogP contribution in [0.2, 0.25) is 0 Å². The standard InChI is InChI=1S/C14H23N3O/c1-10-15-8-11(9-16-14(2,3)4)13(17-10)18-12-6-5-7-12/h8,12,16H,5-7,9H2,1-4H3. The van der Waals surface area contributed by atoms with E-state index in [0.29, 0.717) is 6.10 Å². The average Bonchev–Trinajstić information content (AvgIpc) is 2.21. The van der Waals surface area contributed by atoms with Gasteiger partial charge in [0.1, 0.15) is 11.9 Å². The molecule has 1 fully saturated rings. The van der Waals surface area contributed by atoms with Crippen LogP contribution in [0.4, 0.5) is 0 Å². The summed E-state index contributed by atoms with van der Waals surface area (Å²) in [6.07, 6.45) is 5.79. The van der Waals surface area contributed by atoms with Crippen molar-refractivity contribution >= 4 is 0 Å². The SMILES string of the molecule is Cc1ncc(CNC(C)(C)C)c(OC2CCC2)n1. The molecular formula is C14H23N3O. The Kier molecular flexibility index (Phi) is 3.85. The van der Waals surface area contributed by atoms with Gasteiger partial charge >= 0.3 is 0 Å². The van der Waals surface area contributed by atoms with Gasteiger partial charge in [0.05, 0.1) is 0 Å². The first-order valence-corrected chi connectivity index (χ1v) is 6.68. The van der Waals surface area contributed by atoms with Crippen molar-refractivity contribution in [1.29, 1.82) is 0 Å². The second-order valence-corrected chi connectivity index (χ2v) is 6.02. The van der Waals surface area contributed by atoms with E-state index >= 15 is 0 Å². The Morgan fingerprint density at radius 2 is 2.11 bits per heavy atom. The highest BCUT2D eigenvalue weighted by Gasteiger charge is 2.21. The van der Waals surface area contributed by atoms with Gasteiger partial charge in [-0.3, -0.25) is 0 Å². The molecule has 4 nitrogen and oxygen atoms in total. The highest BCUT2D eigenvalue weighted by Crippen LogP contribution is 2.26. The van der Waals surface area contributed by atoms with Crippen molar-refractivity contribution in [2.75, 3.05) is 0 Å². The number of nitrogens with zero attached hydrogens (tertiary/aromatic N) is 2. The zero-order valence-corrected chi connectivity index (χ0v) is 11.8. The molecule has 1 saturated carbocycles. The molecule has 1 aliphatic carbocycles. The van der Waals surface area contributed by atoms with Crippen LogP contribution in [0.15, 0.2) is 6.20 Å². The van der Waals surface area contributed by atoms with Crippen LogP contribution in [0.5, 0.6) is 5.88 Å². The van der Waals surface area contributed by atoms with E-state index in [2.05, 4.69) is 36.1 Å². The minimum Gasteiger partial charge on any atom is -0.474 e. The van der Waals surface area contributed by atoms with Crippen LogP contribution >= 0.6 is 0 Å². The summed E-state index contributed by atoms with van der Waals surface area (Å²) in [5.74, 6) is 1.52. The third-order valence-electron chi connectivity index (χ3n) is 3.08. The van der Waals surface area contributed by atoms with E-state index in [1.807, 2.05) is 13.1 Å². The first kappa shape index (κ1) is 13.3. The van der Waals surface area contributed by atoms with Crippen LogP contribution < -0.4 is 10.1 Å². The maximum atomic E-state index is 5.94. The van der Waals surface area contributed by atoms with Gasteiger partial charge in [-0.1, -0.05) is 0 Å². The molecule has 18 heavy (non-hydrogen) atoms. The van der Waals surface area contributed by atoms with Gasteiger partial charge < -0.3 is 10.1 Å². The topological polar surface area (TPSA) is 47.0 Å². The van der Waals surface area contributed by atoms with Crippen LogP contribution in [0, 0.1) is 6.92 Å². The lowest BCUT2D eigenvalue weighted by Crippen LogP contribution is -2.35. The average molecular weight is 249 g/mol. The van der Waals surface area contributed by atoms with E-state index in [0.717, 1.165) is 36.7 Å². The van der Waals surface area contributed by atoms with Crippen molar-refractivity contribution in [2.24, 2.45) is 0 Å². The van der Waals surface area contributed by atoms with Crippen molar-refractivity contribution in [3.63, 3.8) is 0 Å². The van der Waals surface area contributed by atoms with Gasteiger partial charge in [-0.05, 0) is 47.0 Å². The second kappa shape index (κ2) is 5.22. The Morgan fingerprint density at radius 1 is 1.39 bits per heavy atom. The molecule has 0 amide bonds. The van der Waals surface area contributed by atoms with Crippen LogP contribution in [-0.4, -0.2) is 21.6 Å². The molecule has 0 aliphatic heterocycles. The van der Waals surface area contributed by atoms with Gasteiger partial charge in [-0.25, -0.2) is 4.98 Å². The number of ether oxygens (including phenoxy) is 1. The highest BCUT2D eigenvalue weighted by molar-refractivity contribution is 5.24. The lowest BCUT2D eigenvalue weighted by Gasteiger charge is -2.27. The van der Waals surface area contributed by atoms with Crippen molar-refractivity contribution in [3.8, 4) is 5.88 Å². The predicted molar refractivity (Wildman–Crippen MR) is 71.6 cm³/mol. The van der Waals surface area contributed by atoms with Crippen LogP contribution in [0.25, 0.3) is 0 Å². The lowest BCUT2D eigenvalue weighted by atomic mass is 9.96. The minimum absolute atomic E-state index is 0.0820. The van der Waals surface area contributed by atoms with Gasteiger partial charge in [0.15, 0.2) is 0 Å². The van der Waals surface area contributed by atoms with E-state index in [1.165, 1.54) is 6.42 Å². The minimum atomic E-state index is 0.0820. The molecule has 4 heteroatoms. The fourth-order valence-corrected chi connectivity index (χ4v) is 1.70. The van der Waals surface area contributed by atoms with Gasteiger partial charge in [0, 0.05) is 23.8 Å². The largest absolute Gasteiger partial charge is 0.474 e. The number of aryl methyl sites for hydroxylation is 1. The molecular weight excluding hydrogens is 226 g/mol. The predicted octanol–water partition coefficient (Wildman–Crippen LogP) is 2.60. The quantitative estimate of drug-likeness (QED) is 0.891. The first-order valence-electron chi connectivity index (χ1n) is 6.68. The zero-order chi connectivity index (χ0) is 13.2. The molecule has 1 heterocycles. The van der Waals surface area contributed by atoms with Gasteiger partial charge in [-0.15, -0.1) is 0 Å². The van der Waals surface area contributed by atoms with E-state index in [-0.39, 0.29) is 5.54 Å². The van der Waals surface area contributed by atoms with E-state index < -0.39 is 0 Å². The molecule has 0 atom stereocenters. The summed E-state index contributed by atoms with van der Waals surface area (Å²) in [5.41, 5.74) is 1.13. The third kappa shape index (κ3) is 3.67. The van der Waals surface area contributed by atoms with Gasteiger partial charge in [-0.2, -0.15) is 4.98 Å². The Labute approximate surface area is 109 Å². The highest BCUT2D eigenvalue weighted by atomic mass is 16.5. The molecule has 0 bridgehead atoms. The Balaban J connectivity index is 2.07. The van der Waals surface area contributed by atoms with Crippen molar-refractivity contribution in [1.82, 2.24) is 15.3 Å². The Morgan fingerprint density at radius 3 is 2.67 bits per heavy atom. The number of rotatable bonds is 4. The van der Waals surface area contributed by atoms with Crippen molar-refractivity contribution in [2.45, 2.75) is 65.1 Å². The lowest BCUT2D eigenvalue weighted by molar-refractivity contribution is 0.112. The van der Waals surface area contributed by atoms with Gasteiger partial charge in [0.25, 0.3) is 0 Å².